The summed E-state index contributed by atoms with van der Waals surface area (Å²) in [5.41, 5.74) is 3.22. The van der Waals surface area contributed by atoms with Gasteiger partial charge in [0.15, 0.2) is 0 Å². The quantitative estimate of drug-likeness (QED) is 0.917. The van der Waals surface area contributed by atoms with Gasteiger partial charge in [-0.1, -0.05) is 36.7 Å². The Bertz CT molecular complexity index is 659. The molecule has 1 heterocycles. The molecule has 1 aliphatic heterocycles. The summed E-state index contributed by atoms with van der Waals surface area (Å²) in [5.74, 6) is 0.639. The maximum atomic E-state index is 13.3. The minimum atomic E-state index is -0.318. The maximum absolute atomic E-state index is 13.3. The van der Waals surface area contributed by atoms with Gasteiger partial charge in [-0.3, -0.25) is 0 Å². The molecule has 0 saturated carbocycles. The molecule has 3 rings (SSSR count). The fourth-order valence-electron chi connectivity index (χ4n) is 2.73. The number of hydrogen-bond acceptors (Lipinski definition) is 2. The average molecular weight is 306 g/mol. The van der Waals surface area contributed by atoms with Crippen molar-refractivity contribution in [2.75, 3.05) is 13.2 Å². The highest BCUT2D eigenvalue weighted by Gasteiger charge is 2.20. The molecule has 2 aromatic carbocycles. The van der Waals surface area contributed by atoms with Crippen molar-refractivity contribution in [1.82, 2.24) is 5.32 Å². The fourth-order valence-corrected chi connectivity index (χ4v) is 3.01. The van der Waals surface area contributed by atoms with Gasteiger partial charge in [-0.25, -0.2) is 4.39 Å². The summed E-state index contributed by atoms with van der Waals surface area (Å²) in [7, 11) is 0. The minimum absolute atomic E-state index is 0.0472. The van der Waals surface area contributed by atoms with Gasteiger partial charge in [-0.15, -0.1) is 0 Å². The standard InChI is InChI=1S/C17H17ClFNO/c1-2-20-17(14-5-4-13(19)10-15(14)18)12-3-6-16-11(9-12)7-8-21-16/h3-6,9-10,17,20H,2,7-8H2,1H3. The van der Waals surface area contributed by atoms with Gasteiger partial charge in [0.05, 0.1) is 12.6 Å². The second-order valence-electron chi connectivity index (χ2n) is 5.12. The van der Waals surface area contributed by atoms with Crippen molar-refractivity contribution < 1.29 is 9.13 Å². The van der Waals surface area contributed by atoms with E-state index in [0.29, 0.717) is 5.02 Å². The van der Waals surface area contributed by atoms with Crippen LogP contribution in [0.5, 0.6) is 5.75 Å². The molecule has 2 nitrogen and oxygen atoms in total. The van der Waals surface area contributed by atoms with E-state index in [1.54, 1.807) is 6.07 Å². The van der Waals surface area contributed by atoms with Gasteiger partial charge in [0.25, 0.3) is 0 Å². The number of benzene rings is 2. The van der Waals surface area contributed by atoms with Gasteiger partial charge < -0.3 is 10.1 Å². The van der Waals surface area contributed by atoms with Crippen LogP contribution in [0.2, 0.25) is 5.02 Å². The first kappa shape index (κ1) is 14.4. The molecule has 0 amide bonds. The molecular weight excluding hydrogens is 289 g/mol. The Morgan fingerprint density at radius 2 is 2.14 bits per heavy atom. The molecule has 0 radical (unpaired) electrons. The Morgan fingerprint density at radius 1 is 1.29 bits per heavy atom. The maximum Gasteiger partial charge on any atom is 0.124 e. The fraction of sp³-hybridized carbons (Fsp3) is 0.294. The molecule has 0 aromatic heterocycles. The van der Waals surface area contributed by atoms with Crippen molar-refractivity contribution in [2.24, 2.45) is 0 Å². The van der Waals surface area contributed by atoms with Crippen molar-refractivity contribution in [3.8, 4) is 5.75 Å². The van der Waals surface area contributed by atoms with E-state index >= 15 is 0 Å². The largest absolute Gasteiger partial charge is 0.493 e. The van der Waals surface area contributed by atoms with Crippen molar-refractivity contribution in [3.05, 3.63) is 63.9 Å². The molecular formula is C17H17ClFNO. The van der Waals surface area contributed by atoms with E-state index in [1.807, 2.05) is 19.1 Å². The molecule has 1 unspecified atom stereocenters. The minimum Gasteiger partial charge on any atom is -0.493 e. The number of hydrogen-bond donors (Lipinski definition) is 1. The summed E-state index contributed by atoms with van der Waals surface area (Å²) in [6.45, 7) is 3.58. The van der Waals surface area contributed by atoms with Crippen LogP contribution in [0.15, 0.2) is 36.4 Å². The van der Waals surface area contributed by atoms with E-state index in [0.717, 1.165) is 36.4 Å². The van der Waals surface area contributed by atoms with Crippen LogP contribution in [-0.2, 0) is 6.42 Å². The van der Waals surface area contributed by atoms with Crippen molar-refractivity contribution >= 4 is 11.6 Å². The second kappa shape index (κ2) is 6.04. The third kappa shape index (κ3) is 2.89. The molecule has 4 heteroatoms. The summed E-state index contributed by atoms with van der Waals surface area (Å²) in [6.07, 6.45) is 0.930. The SMILES string of the molecule is CCNC(c1ccc2c(c1)CCO2)c1ccc(F)cc1Cl. The lowest BCUT2D eigenvalue weighted by molar-refractivity contribution is 0.357. The molecule has 1 N–H and O–H groups in total. The smallest absolute Gasteiger partial charge is 0.124 e. The summed E-state index contributed by atoms with van der Waals surface area (Å²) in [4.78, 5) is 0. The zero-order chi connectivity index (χ0) is 14.8. The Morgan fingerprint density at radius 3 is 2.90 bits per heavy atom. The summed E-state index contributed by atoms with van der Waals surface area (Å²) in [5, 5.41) is 3.86. The van der Waals surface area contributed by atoms with Crippen LogP contribution in [0.4, 0.5) is 4.39 Å². The highest BCUT2D eigenvalue weighted by Crippen LogP contribution is 2.33. The van der Waals surface area contributed by atoms with E-state index in [4.69, 9.17) is 16.3 Å². The van der Waals surface area contributed by atoms with Crippen LogP contribution in [0.1, 0.15) is 29.7 Å². The highest BCUT2D eigenvalue weighted by molar-refractivity contribution is 6.31. The Kier molecular flexibility index (Phi) is 4.13. The van der Waals surface area contributed by atoms with Gasteiger partial charge in [0.2, 0.25) is 0 Å². The van der Waals surface area contributed by atoms with E-state index in [1.165, 1.54) is 17.7 Å². The van der Waals surface area contributed by atoms with Crippen molar-refractivity contribution in [1.29, 1.82) is 0 Å². The Balaban J connectivity index is 2.01. The molecule has 1 atom stereocenters. The first-order valence-electron chi connectivity index (χ1n) is 7.13. The molecule has 0 fully saturated rings. The number of fused-ring (bicyclic) bond motifs is 1. The van der Waals surface area contributed by atoms with Gasteiger partial charge in [-0.05, 0) is 41.4 Å². The number of ether oxygens (including phenoxy) is 1. The molecule has 21 heavy (non-hydrogen) atoms. The first-order valence-corrected chi connectivity index (χ1v) is 7.51. The molecule has 2 aromatic rings. The summed E-state index contributed by atoms with van der Waals surface area (Å²) < 4.78 is 18.8. The molecule has 0 saturated heterocycles. The predicted octanol–water partition coefficient (Wildman–Crippen LogP) is 4.11. The zero-order valence-electron chi connectivity index (χ0n) is 11.8. The highest BCUT2D eigenvalue weighted by atomic mass is 35.5. The number of rotatable bonds is 4. The summed E-state index contributed by atoms with van der Waals surface area (Å²) in [6, 6.07) is 10.7. The summed E-state index contributed by atoms with van der Waals surface area (Å²) >= 11 is 6.22. The van der Waals surface area contributed by atoms with Gasteiger partial charge >= 0.3 is 0 Å². The normalized spacial score (nSPS) is 14.6. The van der Waals surface area contributed by atoms with E-state index in [-0.39, 0.29) is 11.9 Å². The Hall–Kier alpha value is -1.58. The zero-order valence-corrected chi connectivity index (χ0v) is 12.6. The molecule has 110 valence electrons. The van der Waals surface area contributed by atoms with Crippen LogP contribution >= 0.6 is 11.6 Å². The van der Waals surface area contributed by atoms with Crippen molar-refractivity contribution in [2.45, 2.75) is 19.4 Å². The number of nitrogens with one attached hydrogen (secondary N) is 1. The van der Waals surface area contributed by atoms with Gasteiger partial charge in [0, 0.05) is 11.4 Å². The monoisotopic (exact) mass is 305 g/mol. The van der Waals surface area contributed by atoms with Gasteiger partial charge in [0.1, 0.15) is 11.6 Å². The molecule has 0 aliphatic carbocycles. The van der Waals surface area contributed by atoms with Crippen molar-refractivity contribution in [3.63, 3.8) is 0 Å². The van der Waals surface area contributed by atoms with E-state index in [2.05, 4.69) is 11.4 Å². The van der Waals surface area contributed by atoms with Crippen LogP contribution in [0, 0.1) is 5.82 Å². The third-order valence-corrected chi connectivity index (χ3v) is 4.06. The van der Waals surface area contributed by atoms with Crippen LogP contribution in [0.25, 0.3) is 0 Å². The molecule has 0 spiro atoms. The molecule has 0 bridgehead atoms. The predicted molar refractivity (Wildman–Crippen MR) is 82.6 cm³/mol. The topological polar surface area (TPSA) is 21.3 Å². The second-order valence-corrected chi connectivity index (χ2v) is 5.53. The van der Waals surface area contributed by atoms with Crippen LogP contribution < -0.4 is 10.1 Å². The lowest BCUT2D eigenvalue weighted by Gasteiger charge is -2.21. The lowest BCUT2D eigenvalue weighted by Crippen LogP contribution is -2.22. The lowest BCUT2D eigenvalue weighted by atomic mass is 9.96. The van der Waals surface area contributed by atoms with Crippen LogP contribution in [-0.4, -0.2) is 13.2 Å². The number of halogens is 2. The van der Waals surface area contributed by atoms with Crippen LogP contribution in [0.3, 0.4) is 0 Å². The first-order chi connectivity index (χ1) is 10.2. The average Bonchev–Trinajstić information content (AvgIpc) is 2.93. The Labute approximate surface area is 128 Å². The van der Waals surface area contributed by atoms with Gasteiger partial charge in [-0.2, -0.15) is 0 Å². The van der Waals surface area contributed by atoms with E-state index < -0.39 is 0 Å². The third-order valence-electron chi connectivity index (χ3n) is 3.73. The van der Waals surface area contributed by atoms with E-state index in [9.17, 15) is 4.39 Å². The molecule has 1 aliphatic rings.